The number of hydrogen-bond donors (Lipinski definition) is 1. The van der Waals surface area contributed by atoms with Gasteiger partial charge in [-0.25, -0.2) is 0 Å². The predicted molar refractivity (Wildman–Crippen MR) is 54.1 cm³/mol. The summed E-state index contributed by atoms with van der Waals surface area (Å²) < 4.78 is 9.78. The van der Waals surface area contributed by atoms with Crippen LogP contribution in [-0.2, 0) is 9.47 Å². The van der Waals surface area contributed by atoms with Gasteiger partial charge >= 0.3 is 0 Å². The van der Waals surface area contributed by atoms with Gasteiger partial charge in [-0.2, -0.15) is 0 Å². The SMILES string of the molecule is COC=C(C=CC=CCCN)OC. The molecule has 0 aliphatic rings. The van der Waals surface area contributed by atoms with Crippen LogP contribution in [-0.4, -0.2) is 20.8 Å². The van der Waals surface area contributed by atoms with Crippen LogP contribution in [0.25, 0.3) is 0 Å². The molecule has 13 heavy (non-hydrogen) atoms. The van der Waals surface area contributed by atoms with E-state index in [1.54, 1.807) is 14.2 Å². The van der Waals surface area contributed by atoms with E-state index in [1.165, 1.54) is 6.26 Å². The van der Waals surface area contributed by atoms with Gasteiger partial charge in [0, 0.05) is 0 Å². The first kappa shape index (κ1) is 11.8. The van der Waals surface area contributed by atoms with E-state index in [0.717, 1.165) is 6.42 Å². The van der Waals surface area contributed by atoms with Gasteiger partial charge in [0.1, 0.15) is 6.26 Å². The summed E-state index contributed by atoms with van der Waals surface area (Å²) in [5, 5.41) is 0. The van der Waals surface area contributed by atoms with Gasteiger partial charge < -0.3 is 15.2 Å². The fourth-order valence-corrected chi connectivity index (χ4v) is 0.693. The Bertz CT molecular complexity index is 195. The minimum atomic E-state index is 0.676. The Kier molecular flexibility index (Phi) is 8.04. The quantitative estimate of drug-likeness (QED) is 0.502. The molecule has 0 unspecified atom stereocenters. The summed E-state index contributed by atoms with van der Waals surface area (Å²) in [6, 6.07) is 0. The Morgan fingerprint density at radius 3 is 2.62 bits per heavy atom. The maximum Gasteiger partial charge on any atom is 0.153 e. The molecule has 0 saturated heterocycles. The van der Waals surface area contributed by atoms with Crippen molar-refractivity contribution in [1.82, 2.24) is 0 Å². The Labute approximate surface area is 79.5 Å². The minimum absolute atomic E-state index is 0.676. The molecule has 3 nitrogen and oxygen atoms in total. The average molecular weight is 183 g/mol. The zero-order valence-corrected chi connectivity index (χ0v) is 8.19. The highest BCUT2D eigenvalue weighted by Crippen LogP contribution is 1.97. The first-order valence-electron chi connectivity index (χ1n) is 4.15. The maximum atomic E-state index is 5.31. The first-order chi connectivity index (χ1) is 6.35. The maximum absolute atomic E-state index is 5.31. The minimum Gasteiger partial charge on any atom is -0.501 e. The Balaban J connectivity index is 3.86. The number of allylic oxidation sites excluding steroid dienone is 3. The van der Waals surface area contributed by atoms with Gasteiger partial charge in [-0.1, -0.05) is 18.2 Å². The topological polar surface area (TPSA) is 44.5 Å². The zero-order valence-electron chi connectivity index (χ0n) is 8.19. The first-order valence-corrected chi connectivity index (χ1v) is 4.15. The molecule has 0 radical (unpaired) electrons. The van der Waals surface area contributed by atoms with Gasteiger partial charge in [0.15, 0.2) is 5.76 Å². The van der Waals surface area contributed by atoms with E-state index in [-0.39, 0.29) is 0 Å². The lowest BCUT2D eigenvalue weighted by molar-refractivity contribution is 0.261. The number of methoxy groups -OCH3 is 2. The molecule has 0 aliphatic heterocycles. The van der Waals surface area contributed by atoms with Gasteiger partial charge in [0.25, 0.3) is 0 Å². The van der Waals surface area contributed by atoms with E-state index in [0.29, 0.717) is 12.3 Å². The third-order valence-corrected chi connectivity index (χ3v) is 1.31. The second-order valence-electron chi connectivity index (χ2n) is 2.32. The molecule has 0 aromatic rings. The van der Waals surface area contributed by atoms with Crippen LogP contribution in [0.15, 0.2) is 36.3 Å². The molecule has 0 aromatic heterocycles. The van der Waals surface area contributed by atoms with Crippen molar-refractivity contribution in [1.29, 1.82) is 0 Å². The summed E-state index contributed by atoms with van der Waals surface area (Å²) in [6.45, 7) is 0.676. The lowest BCUT2D eigenvalue weighted by Gasteiger charge is -1.97. The van der Waals surface area contributed by atoms with Crippen molar-refractivity contribution in [2.24, 2.45) is 5.73 Å². The van der Waals surface area contributed by atoms with Gasteiger partial charge in [0.2, 0.25) is 0 Å². The molecule has 0 bridgehead atoms. The smallest absolute Gasteiger partial charge is 0.153 e. The molecule has 0 atom stereocenters. The van der Waals surface area contributed by atoms with Crippen LogP contribution < -0.4 is 5.73 Å². The third-order valence-electron chi connectivity index (χ3n) is 1.31. The summed E-state index contributed by atoms with van der Waals surface area (Å²) in [6.07, 6.45) is 10.0. The van der Waals surface area contributed by atoms with Gasteiger partial charge in [-0.05, 0) is 19.0 Å². The molecule has 3 heteroatoms. The van der Waals surface area contributed by atoms with Gasteiger partial charge in [0.05, 0.1) is 14.2 Å². The van der Waals surface area contributed by atoms with E-state index in [4.69, 9.17) is 15.2 Å². The number of ether oxygens (including phenoxy) is 2. The van der Waals surface area contributed by atoms with Crippen molar-refractivity contribution in [2.75, 3.05) is 20.8 Å². The highest BCUT2D eigenvalue weighted by atomic mass is 16.5. The zero-order chi connectivity index (χ0) is 9.94. The van der Waals surface area contributed by atoms with Crippen molar-refractivity contribution in [3.63, 3.8) is 0 Å². The lowest BCUT2D eigenvalue weighted by atomic mass is 10.3. The predicted octanol–water partition coefficient (Wildman–Crippen LogP) is 1.58. The van der Waals surface area contributed by atoms with Crippen molar-refractivity contribution in [3.05, 3.63) is 36.3 Å². The van der Waals surface area contributed by atoms with Crippen LogP contribution in [0.1, 0.15) is 6.42 Å². The molecular formula is C10H17NO2. The molecule has 74 valence electrons. The van der Waals surface area contributed by atoms with Crippen LogP contribution in [0.2, 0.25) is 0 Å². The van der Waals surface area contributed by atoms with Crippen LogP contribution in [0.4, 0.5) is 0 Å². The van der Waals surface area contributed by atoms with E-state index >= 15 is 0 Å². The molecule has 0 heterocycles. The lowest BCUT2D eigenvalue weighted by Crippen LogP contribution is -1.94. The summed E-state index contributed by atoms with van der Waals surface area (Å²) >= 11 is 0. The monoisotopic (exact) mass is 183 g/mol. The fourth-order valence-electron chi connectivity index (χ4n) is 0.693. The normalized spacial score (nSPS) is 12.7. The molecule has 0 fully saturated rings. The molecule has 0 rings (SSSR count). The summed E-state index contributed by atoms with van der Waals surface area (Å²) in [5.74, 6) is 0.680. The van der Waals surface area contributed by atoms with Crippen LogP contribution in [0, 0.1) is 0 Å². The molecule has 2 N–H and O–H groups in total. The number of rotatable bonds is 6. The van der Waals surface area contributed by atoms with Gasteiger partial charge in [-0.3, -0.25) is 0 Å². The van der Waals surface area contributed by atoms with E-state index in [9.17, 15) is 0 Å². The largest absolute Gasteiger partial charge is 0.501 e. The third kappa shape index (κ3) is 7.15. The highest BCUT2D eigenvalue weighted by Gasteiger charge is 1.85. The standard InChI is InChI=1S/C10H17NO2/c1-12-9-10(13-2)7-5-3-4-6-8-11/h3-5,7,9H,6,8,11H2,1-2H3. The Morgan fingerprint density at radius 1 is 1.31 bits per heavy atom. The second kappa shape index (κ2) is 8.87. The summed E-state index contributed by atoms with van der Waals surface area (Å²) in [5.41, 5.74) is 5.31. The van der Waals surface area contributed by atoms with E-state index in [1.807, 2.05) is 24.3 Å². The number of nitrogens with two attached hydrogens (primary N) is 1. The van der Waals surface area contributed by atoms with Crippen molar-refractivity contribution < 1.29 is 9.47 Å². The molecule has 0 spiro atoms. The van der Waals surface area contributed by atoms with Crippen molar-refractivity contribution in [3.8, 4) is 0 Å². The van der Waals surface area contributed by atoms with E-state index in [2.05, 4.69) is 0 Å². The van der Waals surface area contributed by atoms with Crippen molar-refractivity contribution in [2.45, 2.75) is 6.42 Å². The molecule has 0 aromatic carbocycles. The Hall–Kier alpha value is -1.22. The van der Waals surface area contributed by atoms with E-state index < -0.39 is 0 Å². The van der Waals surface area contributed by atoms with Crippen molar-refractivity contribution >= 4 is 0 Å². The molecule has 0 saturated carbocycles. The summed E-state index contributed by atoms with van der Waals surface area (Å²) in [4.78, 5) is 0. The Morgan fingerprint density at radius 2 is 2.08 bits per heavy atom. The highest BCUT2D eigenvalue weighted by molar-refractivity contribution is 5.15. The number of hydrogen-bond acceptors (Lipinski definition) is 3. The molecule has 0 aliphatic carbocycles. The van der Waals surface area contributed by atoms with Crippen LogP contribution in [0.3, 0.4) is 0 Å². The molecule has 0 amide bonds. The fraction of sp³-hybridized carbons (Fsp3) is 0.400. The second-order valence-corrected chi connectivity index (χ2v) is 2.32. The summed E-state index contributed by atoms with van der Waals surface area (Å²) in [7, 11) is 3.18. The molecular weight excluding hydrogens is 166 g/mol. The average Bonchev–Trinajstić information content (AvgIpc) is 2.16. The van der Waals surface area contributed by atoms with Crippen LogP contribution >= 0.6 is 0 Å². The van der Waals surface area contributed by atoms with Crippen LogP contribution in [0.5, 0.6) is 0 Å². The van der Waals surface area contributed by atoms with Gasteiger partial charge in [-0.15, -0.1) is 0 Å².